The van der Waals surface area contributed by atoms with Crippen molar-refractivity contribution >= 4 is 12.2 Å². The molecule has 0 rings (SSSR count). The summed E-state index contributed by atoms with van der Waals surface area (Å²) in [5.41, 5.74) is 0.136. The van der Waals surface area contributed by atoms with Crippen molar-refractivity contribution in [1.82, 2.24) is 4.90 Å². The van der Waals surface area contributed by atoms with Crippen molar-refractivity contribution in [1.29, 1.82) is 0 Å². The maximum atomic E-state index is 11.0. The molecule has 0 unspecified atom stereocenters. The zero-order valence-corrected chi connectivity index (χ0v) is 10.2. The summed E-state index contributed by atoms with van der Waals surface area (Å²) < 4.78 is 0. The standard InChI is InChI=1S/C12H20N2O2/c1-5-8-9-14(4)11(13-7-3)10(6-2)12(15)16/h6-7H,2,5,8-9H2,1,3-4H3,(H,15,16)/b11-10-,13-7-. The molecule has 0 aromatic carbocycles. The number of rotatable bonds is 7. The van der Waals surface area contributed by atoms with E-state index in [2.05, 4.69) is 18.5 Å². The van der Waals surface area contributed by atoms with Crippen molar-refractivity contribution in [3.8, 4) is 0 Å². The van der Waals surface area contributed by atoms with E-state index >= 15 is 0 Å². The van der Waals surface area contributed by atoms with Crippen LogP contribution in [-0.4, -0.2) is 35.8 Å². The highest BCUT2D eigenvalue weighted by Crippen LogP contribution is 2.12. The zero-order valence-electron chi connectivity index (χ0n) is 10.2. The molecule has 0 fully saturated rings. The van der Waals surface area contributed by atoms with E-state index in [0.717, 1.165) is 19.4 Å². The maximum Gasteiger partial charge on any atom is 0.339 e. The Morgan fingerprint density at radius 3 is 2.56 bits per heavy atom. The van der Waals surface area contributed by atoms with Crippen LogP contribution in [0.2, 0.25) is 0 Å². The summed E-state index contributed by atoms with van der Waals surface area (Å²) in [7, 11) is 1.84. The Morgan fingerprint density at radius 1 is 1.56 bits per heavy atom. The molecule has 16 heavy (non-hydrogen) atoms. The second kappa shape index (κ2) is 7.68. The lowest BCUT2D eigenvalue weighted by atomic mass is 10.2. The number of unbranched alkanes of at least 4 members (excludes halogenated alkanes) is 1. The van der Waals surface area contributed by atoms with E-state index in [1.807, 2.05) is 11.9 Å². The van der Waals surface area contributed by atoms with Gasteiger partial charge < -0.3 is 10.0 Å². The Labute approximate surface area is 97.0 Å². The molecule has 90 valence electrons. The van der Waals surface area contributed by atoms with Crippen molar-refractivity contribution in [3.05, 3.63) is 24.0 Å². The number of carboxylic acids is 1. The molecule has 0 atom stereocenters. The highest BCUT2D eigenvalue weighted by molar-refractivity contribution is 5.90. The van der Waals surface area contributed by atoms with Gasteiger partial charge in [0.1, 0.15) is 11.4 Å². The SMILES string of the molecule is C=C/C(C(=O)O)=C(\N=C/C)N(C)CCCC. The van der Waals surface area contributed by atoms with Gasteiger partial charge in [0.25, 0.3) is 0 Å². The Bertz CT molecular complexity index is 306. The Hall–Kier alpha value is -1.58. The van der Waals surface area contributed by atoms with E-state index < -0.39 is 5.97 Å². The summed E-state index contributed by atoms with van der Waals surface area (Å²) in [6.45, 7) is 8.14. The predicted molar refractivity (Wildman–Crippen MR) is 66.6 cm³/mol. The lowest BCUT2D eigenvalue weighted by molar-refractivity contribution is -0.132. The molecule has 1 N–H and O–H groups in total. The quantitative estimate of drug-likeness (QED) is 0.410. The van der Waals surface area contributed by atoms with Gasteiger partial charge in [-0.15, -0.1) is 0 Å². The third-order valence-electron chi connectivity index (χ3n) is 2.14. The van der Waals surface area contributed by atoms with Crippen LogP contribution < -0.4 is 0 Å². The summed E-state index contributed by atoms with van der Waals surface area (Å²) in [6, 6.07) is 0. The van der Waals surface area contributed by atoms with Crippen LogP contribution >= 0.6 is 0 Å². The van der Waals surface area contributed by atoms with E-state index in [9.17, 15) is 4.79 Å². The fraction of sp³-hybridized carbons (Fsp3) is 0.500. The van der Waals surface area contributed by atoms with Crippen LogP contribution in [0, 0.1) is 0 Å². The molecule has 0 bridgehead atoms. The molecule has 0 radical (unpaired) electrons. The van der Waals surface area contributed by atoms with Gasteiger partial charge in [0.15, 0.2) is 0 Å². The summed E-state index contributed by atoms with van der Waals surface area (Å²) in [6.07, 6.45) is 4.98. The van der Waals surface area contributed by atoms with Gasteiger partial charge in [0.05, 0.1) is 0 Å². The summed E-state index contributed by atoms with van der Waals surface area (Å²) >= 11 is 0. The minimum Gasteiger partial charge on any atom is -0.478 e. The molecule has 0 aromatic rings. The van der Waals surface area contributed by atoms with Crippen molar-refractivity contribution in [3.63, 3.8) is 0 Å². The normalized spacial score (nSPS) is 12.4. The van der Waals surface area contributed by atoms with Gasteiger partial charge in [-0.25, -0.2) is 9.79 Å². The summed E-state index contributed by atoms with van der Waals surface area (Å²) in [5.74, 6) is -0.544. The smallest absolute Gasteiger partial charge is 0.339 e. The monoisotopic (exact) mass is 224 g/mol. The zero-order chi connectivity index (χ0) is 12.6. The van der Waals surface area contributed by atoms with Crippen LogP contribution in [0.4, 0.5) is 0 Å². The molecule has 0 saturated carbocycles. The van der Waals surface area contributed by atoms with E-state index in [1.165, 1.54) is 6.08 Å². The number of aliphatic imine (C=N–C) groups is 1. The molecule has 0 aromatic heterocycles. The molecule has 0 aliphatic carbocycles. The van der Waals surface area contributed by atoms with Crippen molar-refractivity contribution in [2.24, 2.45) is 4.99 Å². The third kappa shape index (κ3) is 4.29. The first kappa shape index (κ1) is 14.4. The second-order valence-corrected chi connectivity index (χ2v) is 3.41. The molecular weight excluding hydrogens is 204 g/mol. The van der Waals surface area contributed by atoms with Gasteiger partial charge in [-0.3, -0.25) is 0 Å². The number of hydrogen-bond donors (Lipinski definition) is 1. The van der Waals surface area contributed by atoms with Crippen LogP contribution in [0.1, 0.15) is 26.7 Å². The van der Waals surface area contributed by atoms with Crippen molar-refractivity contribution in [2.75, 3.05) is 13.6 Å². The molecule has 0 saturated heterocycles. The Kier molecular flexibility index (Phi) is 6.92. The van der Waals surface area contributed by atoms with Gasteiger partial charge in [0.2, 0.25) is 0 Å². The number of hydrogen-bond acceptors (Lipinski definition) is 3. The molecule has 0 spiro atoms. The Morgan fingerprint density at radius 2 is 2.19 bits per heavy atom. The van der Waals surface area contributed by atoms with E-state index in [4.69, 9.17) is 5.11 Å². The van der Waals surface area contributed by atoms with Crippen LogP contribution in [-0.2, 0) is 4.79 Å². The van der Waals surface area contributed by atoms with Crippen molar-refractivity contribution in [2.45, 2.75) is 26.7 Å². The first-order chi connectivity index (χ1) is 7.58. The average Bonchev–Trinajstić information content (AvgIpc) is 2.25. The lowest BCUT2D eigenvalue weighted by Crippen LogP contribution is -2.21. The average molecular weight is 224 g/mol. The summed E-state index contributed by atoms with van der Waals surface area (Å²) in [5, 5.41) is 9.01. The number of carbonyl (C=O) groups is 1. The van der Waals surface area contributed by atoms with E-state index in [-0.39, 0.29) is 5.57 Å². The number of aliphatic carboxylic acids is 1. The minimum atomic E-state index is -1.00. The highest BCUT2D eigenvalue weighted by Gasteiger charge is 2.13. The summed E-state index contributed by atoms with van der Waals surface area (Å²) in [4.78, 5) is 16.9. The Balaban J connectivity index is 5.10. The molecule has 4 heteroatoms. The van der Waals surface area contributed by atoms with Crippen LogP contribution in [0.15, 0.2) is 29.0 Å². The largest absolute Gasteiger partial charge is 0.478 e. The minimum absolute atomic E-state index is 0.136. The molecule has 0 heterocycles. The highest BCUT2D eigenvalue weighted by atomic mass is 16.4. The van der Waals surface area contributed by atoms with Gasteiger partial charge in [-0.2, -0.15) is 0 Å². The lowest BCUT2D eigenvalue weighted by Gasteiger charge is -2.20. The van der Waals surface area contributed by atoms with Gasteiger partial charge in [-0.1, -0.05) is 26.0 Å². The molecule has 0 amide bonds. The maximum absolute atomic E-state index is 11.0. The second-order valence-electron chi connectivity index (χ2n) is 3.41. The topological polar surface area (TPSA) is 52.9 Å². The first-order valence-electron chi connectivity index (χ1n) is 5.38. The van der Waals surface area contributed by atoms with E-state index in [1.54, 1.807) is 13.1 Å². The van der Waals surface area contributed by atoms with Gasteiger partial charge in [0, 0.05) is 19.8 Å². The van der Waals surface area contributed by atoms with Gasteiger partial charge in [-0.05, 0) is 13.3 Å². The molecule has 4 nitrogen and oxygen atoms in total. The molecular formula is C12H20N2O2. The number of carboxylic acid groups (broad SMARTS) is 1. The number of nitrogens with zero attached hydrogens (tertiary/aromatic N) is 2. The van der Waals surface area contributed by atoms with Crippen LogP contribution in [0.3, 0.4) is 0 Å². The van der Waals surface area contributed by atoms with E-state index in [0.29, 0.717) is 5.82 Å². The molecule has 0 aliphatic rings. The fourth-order valence-corrected chi connectivity index (χ4v) is 1.27. The third-order valence-corrected chi connectivity index (χ3v) is 2.14. The van der Waals surface area contributed by atoms with Crippen molar-refractivity contribution < 1.29 is 9.90 Å². The first-order valence-corrected chi connectivity index (χ1v) is 5.38. The van der Waals surface area contributed by atoms with Crippen LogP contribution in [0.25, 0.3) is 0 Å². The predicted octanol–water partition coefficient (Wildman–Crippen LogP) is 2.29. The van der Waals surface area contributed by atoms with Crippen LogP contribution in [0.5, 0.6) is 0 Å². The fourth-order valence-electron chi connectivity index (χ4n) is 1.27. The van der Waals surface area contributed by atoms with Gasteiger partial charge >= 0.3 is 5.97 Å². The molecule has 0 aliphatic heterocycles.